The first-order valence-electron chi connectivity index (χ1n) is 7.75. The van der Waals surface area contributed by atoms with E-state index >= 15 is 0 Å². The number of phenols is 1. The molecule has 1 N–H and O–H groups in total. The van der Waals surface area contributed by atoms with E-state index in [1.807, 2.05) is 0 Å². The van der Waals surface area contributed by atoms with E-state index in [2.05, 4.69) is 0 Å². The van der Waals surface area contributed by atoms with Crippen LogP contribution in [-0.2, 0) is 16.0 Å². The quantitative estimate of drug-likeness (QED) is 0.913. The fraction of sp³-hybridized carbons (Fsp3) is 0.222. The lowest BCUT2D eigenvalue weighted by Gasteiger charge is -2.34. The maximum atomic E-state index is 13.4. The number of rotatable bonds is 3. The number of amides is 2. The third kappa shape index (κ3) is 3.91. The lowest BCUT2D eigenvalue weighted by molar-refractivity contribution is -0.136. The van der Waals surface area contributed by atoms with E-state index in [-0.39, 0.29) is 24.8 Å². The number of phenolic OH excluding ortho intramolecular Hbond substituents is 1. The van der Waals surface area contributed by atoms with Crippen LogP contribution in [0.15, 0.2) is 42.5 Å². The summed E-state index contributed by atoms with van der Waals surface area (Å²) in [6.45, 7) is 0.721. The molecule has 1 aliphatic rings. The van der Waals surface area contributed by atoms with Gasteiger partial charge in [-0.15, -0.1) is 0 Å². The lowest BCUT2D eigenvalue weighted by Crippen LogP contribution is -2.52. The van der Waals surface area contributed by atoms with E-state index in [0.717, 1.165) is 6.07 Å². The molecule has 130 valence electrons. The molecule has 2 aromatic carbocycles. The lowest BCUT2D eigenvalue weighted by atomic mass is 10.1. The van der Waals surface area contributed by atoms with Gasteiger partial charge in [-0.2, -0.15) is 0 Å². The Morgan fingerprint density at radius 3 is 2.68 bits per heavy atom. The van der Waals surface area contributed by atoms with Crippen molar-refractivity contribution >= 4 is 29.1 Å². The van der Waals surface area contributed by atoms with Crippen molar-refractivity contribution in [1.29, 1.82) is 0 Å². The normalized spacial score (nSPS) is 14.7. The average molecular weight is 363 g/mol. The molecule has 0 unspecified atom stereocenters. The number of benzene rings is 2. The van der Waals surface area contributed by atoms with Crippen molar-refractivity contribution in [3.8, 4) is 5.75 Å². The van der Waals surface area contributed by atoms with Crippen molar-refractivity contribution in [2.45, 2.75) is 6.42 Å². The second kappa shape index (κ2) is 7.11. The van der Waals surface area contributed by atoms with Crippen LogP contribution in [0.5, 0.6) is 5.75 Å². The number of carbonyl (C=O) groups is 2. The van der Waals surface area contributed by atoms with Gasteiger partial charge in [-0.25, -0.2) is 4.39 Å². The standard InChI is InChI=1S/C18H16ClFN2O3/c19-13-2-1-3-14(10-13)22-7-6-21(11-18(22)25)17(24)9-12-4-5-16(23)15(20)8-12/h1-5,8,10,23H,6-7,9,11H2. The highest BCUT2D eigenvalue weighted by Gasteiger charge is 2.28. The molecule has 0 radical (unpaired) electrons. The molecule has 0 saturated carbocycles. The largest absolute Gasteiger partial charge is 0.505 e. The Bertz CT molecular complexity index is 828. The minimum absolute atomic E-state index is 0.0261. The minimum Gasteiger partial charge on any atom is -0.505 e. The molecule has 2 aromatic rings. The number of carbonyl (C=O) groups excluding carboxylic acids is 2. The zero-order chi connectivity index (χ0) is 18.0. The Balaban J connectivity index is 1.65. The van der Waals surface area contributed by atoms with Crippen LogP contribution in [0.4, 0.5) is 10.1 Å². The van der Waals surface area contributed by atoms with Gasteiger partial charge >= 0.3 is 0 Å². The predicted octanol–water partition coefficient (Wildman–Crippen LogP) is 2.60. The first kappa shape index (κ1) is 17.2. The third-order valence-corrected chi connectivity index (χ3v) is 4.30. The van der Waals surface area contributed by atoms with Gasteiger partial charge in [0.05, 0.1) is 6.42 Å². The molecule has 0 atom stereocenters. The third-order valence-electron chi connectivity index (χ3n) is 4.06. The van der Waals surface area contributed by atoms with Gasteiger partial charge in [-0.05, 0) is 35.9 Å². The number of nitrogens with zero attached hydrogens (tertiary/aromatic N) is 2. The summed E-state index contributed by atoms with van der Waals surface area (Å²) in [6.07, 6.45) is -0.0261. The predicted molar refractivity (Wildman–Crippen MR) is 92.2 cm³/mol. The van der Waals surface area contributed by atoms with E-state index in [1.54, 1.807) is 29.2 Å². The van der Waals surface area contributed by atoms with Crippen molar-refractivity contribution in [1.82, 2.24) is 4.90 Å². The molecule has 7 heteroatoms. The summed E-state index contributed by atoms with van der Waals surface area (Å²) in [5.74, 6) is -1.68. The van der Waals surface area contributed by atoms with Crippen molar-refractivity contribution in [3.05, 3.63) is 58.9 Å². The summed E-state index contributed by atoms with van der Waals surface area (Å²) < 4.78 is 13.4. The zero-order valence-electron chi connectivity index (χ0n) is 13.3. The second-order valence-electron chi connectivity index (χ2n) is 5.80. The SMILES string of the molecule is O=C(Cc1ccc(O)c(F)c1)N1CCN(c2cccc(Cl)c2)C(=O)C1. The summed E-state index contributed by atoms with van der Waals surface area (Å²) in [5, 5.41) is 9.73. The van der Waals surface area contributed by atoms with Crippen LogP contribution in [0.25, 0.3) is 0 Å². The maximum absolute atomic E-state index is 13.4. The maximum Gasteiger partial charge on any atom is 0.246 e. The molecule has 5 nitrogen and oxygen atoms in total. The van der Waals surface area contributed by atoms with Crippen LogP contribution in [0.2, 0.25) is 5.02 Å². The number of halogens is 2. The van der Waals surface area contributed by atoms with Gasteiger partial charge in [0.1, 0.15) is 6.54 Å². The Morgan fingerprint density at radius 1 is 1.20 bits per heavy atom. The van der Waals surface area contributed by atoms with Gasteiger partial charge in [0, 0.05) is 23.8 Å². The Morgan fingerprint density at radius 2 is 2.00 bits per heavy atom. The molecule has 2 amide bonds. The van der Waals surface area contributed by atoms with Crippen LogP contribution >= 0.6 is 11.6 Å². The van der Waals surface area contributed by atoms with Gasteiger partial charge in [0.2, 0.25) is 11.8 Å². The number of hydrogen-bond acceptors (Lipinski definition) is 3. The molecule has 1 heterocycles. The van der Waals surface area contributed by atoms with Crippen molar-refractivity contribution in [3.63, 3.8) is 0 Å². The molecule has 1 saturated heterocycles. The van der Waals surface area contributed by atoms with E-state index in [4.69, 9.17) is 11.6 Å². The van der Waals surface area contributed by atoms with E-state index in [1.165, 1.54) is 17.0 Å². The van der Waals surface area contributed by atoms with E-state index in [0.29, 0.717) is 29.4 Å². The van der Waals surface area contributed by atoms with Gasteiger partial charge in [0.25, 0.3) is 0 Å². The summed E-state index contributed by atoms with van der Waals surface area (Å²) >= 11 is 5.95. The molecule has 25 heavy (non-hydrogen) atoms. The number of aromatic hydroxyl groups is 1. The van der Waals surface area contributed by atoms with Crippen molar-refractivity contribution in [2.75, 3.05) is 24.5 Å². The summed E-state index contributed by atoms with van der Waals surface area (Å²) in [5.41, 5.74) is 1.15. The smallest absolute Gasteiger partial charge is 0.246 e. The van der Waals surface area contributed by atoms with Gasteiger partial charge in [0.15, 0.2) is 11.6 Å². The molecule has 3 rings (SSSR count). The fourth-order valence-corrected chi connectivity index (χ4v) is 2.93. The van der Waals surface area contributed by atoms with Crippen molar-refractivity contribution < 1.29 is 19.1 Å². The first-order valence-corrected chi connectivity index (χ1v) is 8.13. The topological polar surface area (TPSA) is 60.9 Å². The molecular weight excluding hydrogens is 347 g/mol. The zero-order valence-corrected chi connectivity index (χ0v) is 14.0. The highest BCUT2D eigenvalue weighted by Crippen LogP contribution is 2.22. The highest BCUT2D eigenvalue weighted by atomic mass is 35.5. The number of piperazine rings is 1. The molecule has 1 fully saturated rings. The van der Waals surface area contributed by atoms with Crippen LogP contribution < -0.4 is 4.90 Å². The van der Waals surface area contributed by atoms with Gasteiger partial charge in [-0.3, -0.25) is 9.59 Å². The Labute approximate surface area is 149 Å². The Hall–Kier alpha value is -2.60. The summed E-state index contributed by atoms with van der Waals surface area (Å²) in [4.78, 5) is 27.8. The monoisotopic (exact) mass is 362 g/mol. The van der Waals surface area contributed by atoms with Crippen LogP contribution in [0, 0.1) is 5.82 Å². The fourth-order valence-electron chi connectivity index (χ4n) is 2.75. The van der Waals surface area contributed by atoms with Crippen LogP contribution in [0.1, 0.15) is 5.56 Å². The van der Waals surface area contributed by atoms with Gasteiger partial charge in [-0.1, -0.05) is 23.7 Å². The van der Waals surface area contributed by atoms with Crippen molar-refractivity contribution in [2.24, 2.45) is 0 Å². The number of anilines is 1. The van der Waals surface area contributed by atoms with Crippen LogP contribution in [0.3, 0.4) is 0 Å². The minimum atomic E-state index is -0.771. The molecule has 0 spiro atoms. The van der Waals surface area contributed by atoms with E-state index < -0.39 is 11.6 Å². The molecule has 0 bridgehead atoms. The molecule has 0 aliphatic carbocycles. The Kier molecular flexibility index (Phi) is 4.90. The molecular formula is C18H16ClFN2O3. The van der Waals surface area contributed by atoms with Gasteiger partial charge < -0.3 is 14.9 Å². The second-order valence-corrected chi connectivity index (χ2v) is 6.24. The highest BCUT2D eigenvalue weighted by molar-refractivity contribution is 6.30. The summed E-state index contributed by atoms with van der Waals surface area (Å²) in [7, 11) is 0. The molecule has 0 aromatic heterocycles. The van der Waals surface area contributed by atoms with E-state index in [9.17, 15) is 19.1 Å². The van der Waals surface area contributed by atoms with Crippen LogP contribution in [-0.4, -0.2) is 41.5 Å². The average Bonchev–Trinajstić information content (AvgIpc) is 2.58. The number of hydrogen-bond donors (Lipinski definition) is 1. The summed E-state index contributed by atoms with van der Waals surface area (Å²) in [6, 6.07) is 10.8. The first-order chi connectivity index (χ1) is 11.9. The molecule has 1 aliphatic heterocycles.